The van der Waals surface area contributed by atoms with E-state index in [0.717, 1.165) is 25.7 Å². The van der Waals surface area contributed by atoms with Crippen LogP contribution in [0.2, 0.25) is 5.02 Å². The van der Waals surface area contributed by atoms with Gasteiger partial charge in [-0.1, -0.05) is 24.4 Å². The van der Waals surface area contributed by atoms with Gasteiger partial charge in [0.1, 0.15) is 12.3 Å². The number of aromatic hydroxyl groups is 1. The Morgan fingerprint density at radius 3 is 2.79 bits per heavy atom. The number of rotatable bonds is 3. The molecule has 0 bridgehead atoms. The number of benzene rings is 1. The van der Waals surface area contributed by atoms with Crippen molar-refractivity contribution >= 4 is 17.5 Å². The number of nitrogens with zero attached hydrogens (tertiary/aromatic N) is 2. The zero-order valence-electron chi connectivity index (χ0n) is 10.5. The second-order valence-electron chi connectivity index (χ2n) is 4.69. The molecule has 0 unspecified atom stereocenters. The molecular weight excluding hydrogens is 264 g/mol. The van der Waals surface area contributed by atoms with E-state index >= 15 is 0 Å². The van der Waals surface area contributed by atoms with Crippen molar-refractivity contribution in [2.45, 2.75) is 31.7 Å². The summed E-state index contributed by atoms with van der Waals surface area (Å²) >= 11 is 6.00. The Balaban J connectivity index is 2.28. The van der Waals surface area contributed by atoms with Crippen molar-refractivity contribution in [3.05, 3.63) is 28.8 Å². The largest absolute Gasteiger partial charge is 0.508 e. The molecular formula is C14H15ClN2O2. The van der Waals surface area contributed by atoms with Gasteiger partial charge in [-0.15, -0.1) is 0 Å². The van der Waals surface area contributed by atoms with Crippen LogP contribution in [0.25, 0.3) is 0 Å². The smallest absolute Gasteiger partial charge is 0.256 e. The minimum atomic E-state index is -0.283. The Kier molecular flexibility index (Phi) is 4.28. The predicted molar refractivity (Wildman–Crippen MR) is 72.0 cm³/mol. The van der Waals surface area contributed by atoms with Crippen LogP contribution < -0.4 is 0 Å². The van der Waals surface area contributed by atoms with Crippen molar-refractivity contribution in [2.24, 2.45) is 0 Å². The van der Waals surface area contributed by atoms with Crippen molar-refractivity contribution in [3.63, 3.8) is 0 Å². The maximum Gasteiger partial charge on any atom is 0.256 e. The minimum Gasteiger partial charge on any atom is -0.508 e. The number of halogens is 1. The normalized spacial score (nSPS) is 15.2. The quantitative estimate of drug-likeness (QED) is 0.865. The van der Waals surface area contributed by atoms with Gasteiger partial charge in [-0.25, -0.2) is 0 Å². The van der Waals surface area contributed by atoms with E-state index in [9.17, 15) is 9.90 Å². The maximum atomic E-state index is 12.5. The Morgan fingerprint density at radius 1 is 1.47 bits per heavy atom. The van der Waals surface area contributed by atoms with E-state index in [0.29, 0.717) is 5.02 Å². The number of carbonyl (C=O) groups excluding carboxylic acids is 1. The molecule has 1 fully saturated rings. The fourth-order valence-electron chi connectivity index (χ4n) is 2.49. The molecule has 1 N–H and O–H groups in total. The van der Waals surface area contributed by atoms with Gasteiger partial charge in [0.05, 0.1) is 16.7 Å². The molecule has 5 heteroatoms. The van der Waals surface area contributed by atoms with Gasteiger partial charge in [0.15, 0.2) is 0 Å². The Bertz CT molecular complexity index is 519. The van der Waals surface area contributed by atoms with Gasteiger partial charge in [-0.2, -0.15) is 5.26 Å². The summed E-state index contributed by atoms with van der Waals surface area (Å²) in [6.07, 6.45) is 4.00. The molecule has 1 aromatic carbocycles. The Hall–Kier alpha value is -1.73. The maximum absolute atomic E-state index is 12.5. The third kappa shape index (κ3) is 2.99. The molecule has 1 aliphatic rings. The summed E-state index contributed by atoms with van der Waals surface area (Å²) in [4.78, 5) is 14.0. The van der Waals surface area contributed by atoms with Crippen LogP contribution in [0.15, 0.2) is 18.2 Å². The highest BCUT2D eigenvalue weighted by molar-refractivity contribution is 6.33. The zero-order chi connectivity index (χ0) is 13.8. The fourth-order valence-corrected chi connectivity index (χ4v) is 2.69. The summed E-state index contributed by atoms with van der Waals surface area (Å²) in [5.74, 6) is -0.287. The van der Waals surface area contributed by atoms with E-state index in [1.54, 1.807) is 4.90 Å². The minimum absolute atomic E-state index is 0.00363. The van der Waals surface area contributed by atoms with Gasteiger partial charge < -0.3 is 10.0 Å². The third-order valence-electron chi connectivity index (χ3n) is 3.45. The topological polar surface area (TPSA) is 64.3 Å². The Labute approximate surface area is 117 Å². The first-order valence-electron chi connectivity index (χ1n) is 6.30. The first kappa shape index (κ1) is 13.7. The van der Waals surface area contributed by atoms with Crippen molar-refractivity contribution in [2.75, 3.05) is 6.54 Å². The molecule has 2 rings (SSSR count). The number of nitriles is 1. The molecule has 1 aliphatic carbocycles. The van der Waals surface area contributed by atoms with Crippen LogP contribution in [0.1, 0.15) is 36.0 Å². The van der Waals surface area contributed by atoms with Crippen molar-refractivity contribution in [3.8, 4) is 11.8 Å². The standard InChI is InChI=1S/C14H15ClN2O2/c15-13-6-5-11(18)9-12(13)14(19)17(8-7-16)10-3-1-2-4-10/h5-6,9-10,18H,1-4,8H2. The van der Waals surface area contributed by atoms with Crippen LogP contribution in [0.4, 0.5) is 0 Å². The molecule has 1 amide bonds. The average Bonchev–Trinajstić information content (AvgIpc) is 2.92. The molecule has 0 saturated heterocycles. The lowest BCUT2D eigenvalue weighted by Gasteiger charge is -2.26. The molecule has 0 radical (unpaired) electrons. The zero-order valence-corrected chi connectivity index (χ0v) is 11.2. The highest BCUT2D eigenvalue weighted by atomic mass is 35.5. The molecule has 19 heavy (non-hydrogen) atoms. The van der Waals surface area contributed by atoms with E-state index < -0.39 is 0 Å². The van der Waals surface area contributed by atoms with E-state index in [1.165, 1.54) is 18.2 Å². The highest BCUT2D eigenvalue weighted by Gasteiger charge is 2.28. The van der Waals surface area contributed by atoms with E-state index in [-0.39, 0.29) is 29.8 Å². The van der Waals surface area contributed by atoms with Gasteiger partial charge in [-0.3, -0.25) is 4.79 Å². The summed E-state index contributed by atoms with van der Waals surface area (Å²) < 4.78 is 0. The molecule has 0 heterocycles. The van der Waals surface area contributed by atoms with Gasteiger partial charge >= 0.3 is 0 Å². The second-order valence-corrected chi connectivity index (χ2v) is 5.10. The van der Waals surface area contributed by atoms with Gasteiger partial charge in [-0.05, 0) is 31.0 Å². The third-order valence-corrected chi connectivity index (χ3v) is 3.78. The number of phenols is 1. The lowest BCUT2D eigenvalue weighted by molar-refractivity contribution is 0.0709. The van der Waals surface area contributed by atoms with E-state index in [2.05, 4.69) is 0 Å². The molecule has 4 nitrogen and oxygen atoms in total. The molecule has 0 aromatic heterocycles. The van der Waals surface area contributed by atoms with E-state index in [4.69, 9.17) is 16.9 Å². The number of amides is 1. The molecule has 1 saturated carbocycles. The fraction of sp³-hybridized carbons (Fsp3) is 0.429. The van der Waals surface area contributed by atoms with Crippen LogP contribution >= 0.6 is 11.6 Å². The van der Waals surface area contributed by atoms with Crippen LogP contribution in [0, 0.1) is 11.3 Å². The Morgan fingerprint density at radius 2 is 2.16 bits per heavy atom. The molecule has 0 spiro atoms. The highest BCUT2D eigenvalue weighted by Crippen LogP contribution is 2.28. The summed E-state index contributed by atoms with van der Waals surface area (Å²) in [7, 11) is 0. The van der Waals surface area contributed by atoms with Crippen LogP contribution in [0.3, 0.4) is 0 Å². The van der Waals surface area contributed by atoms with Crippen LogP contribution in [-0.4, -0.2) is 28.5 Å². The van der Waals surface area contributed by atoms with Gasteiger partial charge in [0.25, 0.3) is 5.91 Å². The van der Waals surface area contributed by atoms with Gasteiger partial charge in [0, 0.05) is 6.04 Å². The summed E-state index contributed by atoms with van der Waals surface area (Å²) in [6.45, 7) is 0.0511. The summed E-state index contributed by atoms with van der Waals surface area (Å²) in [6, 6.07) is 6.41. The second kappa shape index (κ2) is 5.94. The van der Waals surface area contributed by atoms with Crippen molar-refractivity contribution in [1.29, 1.82) is 5.26 Å². The summed E-state index contributed by atoms with van der Waals surface area (Å²) in [5, 5.41) is 18.7. The van der Waals surface area contributed by atoms with Crippen molar-refractivity contribution in [1.82, 2.24) is 4.90 Å². The van der Waals surface area contributed by atoms with E-state index in [1.807, 2.05) is 6.07 Å². The van der Waals surface area contributed by atoms with Crippen molar-refractivity contribution < 1.29 is 9.90 Å². The first-order chi connectivity index (χ1) is 9.13. The lowest BCUT2D eigenvalue weighted by atomic mass is 10.1. The molecule has 0 atom stereocenters. The summed E-state index contributed by atoms with van der Waals surface area (Å²) in [5.41, 5.74) is 0.254. The number of carbonyl (C=O) groups is 1. The van der Waals surface area contributed by atoms with Crippen LogP contribution in [-0.2, 0) is 0 Å². The van der Waals surface area contributed by atoms with Crippen LogP contribution in [0.5, 0.6) is 5.75 Å². The molecule has 100 valence electrons. The number of hydrogen-bond acceptors (Lipinski definition) is 3. The predicted octanol–water partition coefficient (Wildman–Crippen LogP) is 2.95. The number of phenolic OH excluding ortho intramolecular Hbond substituents is 1. The lowest BCUT2D eigenvalue weighted by Crippen LogP contribution is -2.39. The molecule has 1 aromatic rings. The monoisotopic (exact) mass is 278 g/mol. The molecule has 0 aliphatic heterocycles. The SMILES string of the molecule is N#CCN(C(=O)c1cc(O)ccc1Cl)C1CCCC1. The average molecular weight is 279 g/mol. The van der Waals surface area contributed by atoms with Gasteiger partial charge in [0.2, 0.25) is 0 Å². The first-order valence-corrected chi connectivity index (χ1v) is 6.67. The number of hydrogen-bond donors (Lipinski definition) is 1.